The van der Waals surface area contributed by atoms with Crippen LogP contribution in [0.1, 0.15) is 21.5 Å². The highest BCUT2D eigenvalue weighted by atomic mass is 19.4. The zero-order valence-electron chi connectivity index (χ0n) is 11.8. The van der Waals surface area contributed by atoms with Crippen LogP contribution in [0.3, 0.4) is 0 Å². The molecule has 0 amide bonds. The van der Waals surface area contributed by atoms with Crippen LogP contribution in [0.25, 0.3) is 0 Å². The Morgan fingerprint density at radius 1 is 1.09 bits per heavy atom. The largest absolute Gasteiger partial charge is 0.618 e. The third-order valence-corrected chi connectivity index (χ3v) is 3.57. The van der Waals surface area contributed by atoms with E-state index < -0.39 is 17.5 Å². The Labute approximate surface area is 129 Å². The molecule has 4 nitrogen and oxygen atoms in total. The van der Waals surface area contributed by atoms with Gasteiger partial charge in [0.15, 0.2) is 0 Å². The fourth-order valence-electron chi connectivity index (χ4n) is 2.41. The summed E-state index contributed by atoms with van der Waals surface area (Å²) in [7, 11) is 1.47. The van der Waals surface area contributed by atoms with Gasteiger partial charge in [-0.2, -0.15) is 17.9 Å². The molecule has 1 aliphatic heterocycles. The highest BCUT2D eigenvalue weighted by molar-refractivity contribution is 6.52. The standard InChI is InChI=1S/C16H10F3NO3/c1-23-11-5-2-9(3-6-11)14-15(21)12-8-10(16(17,18)19)4-7-13(12)20(14)22/h2-8H,1H3. The number of methoxy groups -OCH3 is 1. The summed E-state index contributed by atoms with van der Waals surface area (Å²) in [6.07, 6.45) is -4.58. The number of carbonyl (C=O) groups excluding carboxylic acids is 1. The van der Waals surface area contributed by atoms with Gasteiger partial charge in [0.05, 0.1) is 18.2 Å². The maximum Gasteiger partial charge on any atom is 0.416 e. The number of rotatable bonds is 2. The van der Waals surface area contributed by atoms with Gasteiger partial charge in [0.25, 0.3) is 11.5 Å². The highest BCUT2D eigenvalue weighted by Gasteiger charge is 2.40. The number of fused-ring (bicyclic) bond motifs is 1. The lowest BCUT2D eigenvalue weighted by Crippen LogP contribution is -2.16. The molecule has 23 heavy (non-hydrogen) atoms. The van der Waals surface area contributed by atoms with Gasteiger partial charge in [-0.3, -0.25) is 4.79 Å². The quantitative estimate of drug-likeness (QED) is 0.628. The first-order chi connectivity index (χ1) is 10.8. The van der Waals surface area contributed by atoms with E-state index >= 15 is 0 Å². The Morgan fingerprint density at radius 2 is 1.74 bits per heavy atom. The van der Waals surface area contributed by atoms with E-state index in [-0.39, 0.29) is 17.0 Å². The van der Waals surface area contributed by atoms with E-state index in [1.807, 2.05) is 0 Å². The summed E-state index contributed by atoms with van der Waals surface area (Å²) in [4.78, 5) is 12.4. The Balaban J connectivity index is 2.07. The fraction of sp³-hybridized carbons (Fsp3) is 0.125. The summed E-state index contributed by atoms with van der Waals surface area (Å²) in [6, 6.07) is 8.65. The SMILES string of the molecule is COc1ccc(C2=[N+]([O-])c3ccc(C(F)(F)F)cc3C2=O)cc1. The normalized spacial score (nSPS) is 14.2. The number of benzene rings is 2. The third-order valence-electron chi connectivity index (χ3n) is 3.57. The maximum atomic E-state index is 12.8. The van der Waals surface area contributed by atoms with Gasteiger partial charge in [-0.1, -0.05) is 0 Å². The van der Waals surface area contributed by atoms with Crippen LogP contribution < -0.4 is 4.74 Å². The zero-order valence-corrected chi connectivity index (χ0v) is 11.8. The maximum absolute atomic E-state index is 12.8. The number of ether oxygens (including phenoxy) is 1. The molecule has 0 N–H and O–H groups in total. The Hall–Kier alpha value is -2.83. The second kappa shape index (κ2) is 5.12. The predicted molar refractivity (Wildman–Crippen MR) is 76.2 cm³/mol. The molecule has 7 heteroatoms. The van der Waals surface area contributed by atoms with Gasteiger partial charge in [0, 0.05) is 6.07 Å². The Kier molecular flexibility index (Phi) is 3.35. The number of nitrogens with zero attached hydrogens (tertiary/aromatic N) is 1. The Morgan fingerprint density at radius 3 is 2.30 bits per heavy atom. The molecule has 0 bridgehead atoms. The van der Waals surface area contributed by atoms with Crippen molar-refractivity contribution < 1.29 is 27.4 Å². The van der Waals surface area contributed by atoms with Crippen LogP contribution in [0, 0.1) is 5.21 Å². The van der Waals surface area contributed by atoms with Crippen LogP contribution >= 0.6 is 0 Å². The Bertz CT molecular complexity index is 823. The first-order valence-corrected chi connectivity index (χ1v) is 6.57. The summed E-state index contributed by atoms with van der Waals surface area (Å²) in [5, 5.41) is 12.3. The molecule has 0 spiro atoms. The smallest absolute Gasteiger partial charge is 0.416 e. The van der Waals surface area contributed by atoms with Crippen LogP contribution in [0.5, 0.6) is 5.75 Å². The molecule has 1 aliphatic rings. The molecular weight excluding hydrogens is 311 g/mol. The summed E-state index contributed by atoms with van der Waals surface area (Å²) in [5.41, 5.74) is -1.19. The van der Waals surface area contributed by atoms with Crippen LogP contribution in [0.2, 0.25) is 0 Å². The minimum atomic E-state index is -4.58. The molecule has 0 saturated carbocycles. The van der Waals surface area contributed by atoms with E-state index in [1.54, 1.807) is 12.1 Å². The summed E-state index contributed by atoms with van der Waals surface area (Å²) in [5.74, 6) is -0.194. The van der Waals surface area contributed by atoms with Crippen molar-refractivity contribution >= 4 is 17.2 Å². The van der Waals surface area contributed by atoms with Crippen molar-refractivity contribution in [2.24, 2.45) is 0 Å². The van der Waals surface area contributed by atoms with Crippen LogP contribution in [-0.4, -0.2) is 23.3 Å². The molecule has 0 atom stereocenters. The van der Waals surface area contributed by atoms with Crippen molar-refractivity contribution in [3.63, 3.8) is 0 Å². The molecule has 1 heterocycles. The number of carbonyl (C=O) groups is 1. The lowest BCUT2D eigenvalue weighted by molar-refractivity contribution is -0.355. The van der Waals surface area contributed by atoms with Crippen molar-refractivity contribution in [2.45, 2.75) is 6.18 Å². The van der Waals surface area contributed by atoms with Crippen molar-refractivity contribution in [3.05, 3.63) is 64.4 Å². The van der Waals surface area contributed by atoms with Crippen molar-refractivity contribution in [3.8, 4) is 5.75 Å². The molecule has 3 rings (SSSR count). The molecule has 0 unspecified atom stereocenters. The number of halogens is 3. The second-order valence-corrected chi connectivity index (χ2v) is 4.93. The zero-order chi connectivity index (χ0) is 16.8. The molecular formula is C16H10F3NO3. The summed E-state index contributed by atoms with van der Waals surface area (Å²) < 4.78 is 43.6. The average molecular weight is 321 g/mol. The molecule has 0 saturated heterocycles. The van der Waals surface area contributed by atoms with E-state index in [0.29, 0.717) is 22.1 Å². The van der Waals surface area contributed by atoms with Crippen LogP contribution in [-0.2, 0) is 6.18 Å². The number of hydrogen-bond donors (Lipinski definition) is 0. The first kappa shape index (κ1) is 15.1. The van der Waals surface area contributed by atoms with Gasteiger partial charge in [-0.05, 0) is 36.4 Å². The molecule has 0 fully saturated rings. The minimum absolute atomic E-state index is 0.0891. The fourth-order valence-corrected chi connectivity index (χ4v) is 2.41. The van der Waals surface area contributed by atoms with E-state index in [9.17, 15) is 23.2 Å². The first-order valence-electron chi connectivity index (χ1n) is 6.57. The second-order valence-electron chi connectivity index (χ2n) is 4.93. The van der Waals surface area contributed by atoms with E-state index in [2.05, 4.69) is 0 Å². The van der Waals surface area contributed by atoms with Gasteiger partial charge >= 0.3 is 6.18 Å². The van der Waals surface area contributed by atoms with Crippen molar-refractivity contribution in [1.82, 2.24) is 0 Å². The monoisotopic (exact) mass is 321 g/mol. The molecule has 0 aliphatic carbocycles. The average Bonchev–Trinajstić information content (AvgIpc) is 2.78. The molecule has 0 radical (unpaired) electrons. The van der Waals surface area contributed by atoms with Crippen molar-refractivity contribution in [2.75, 3.05) is 7.11 Å². The van der Waals surface area contributed by atoms with Gasteiger partial charge in [0.2, 0.25) is 5.69 Å². The van der Waals surface area contributed by atoms with Gasteiger partial charge in [-0.25, -0.2) is 0 Å². The molecule has 2 aromatic carbocycles. The van der Waals surface area contributed by atoms with Crippen LogP contribution in [0.15, 0.2) is 42.5 Å². The molecule has 2 aromatic rings. The van der Waals surface area contributed by atoms with E-state index in [1.165, 1.54) is 19.2 Å². The lowest BCUT2D eigenvalue weighted by atomic mass is 10.0. The molecule has 0 aromatic heterocycles. The van der Waals surface area contributed by atoms with Crippen molar-refractivity contribution in [1.29, 1.82) is 0 Å². The predicted octanol–water partition coefficient (Wildman–Crippen LogP) is 3.54. The van der Waals surface area contributed by atoms with Gasteiger partial charge in [-0.15, -0.1) is 0 Å². The number of ketones is 1. The van der Waals surface area contributed by atoms with E-state index in [4.69, 9.17) is 4.74 Å². The van der Waals surface area contributed by atoms with E-state index in [0.717, 1.165) is 12.1 Å². The van der Waals surface area contributed by atoms with Crippen LogP contribution in [0.4, 0.5) is 18.9 Å². The highest BCUT2D eigenvalue weighted by Crippen LogP contribution is 2.35. The lowest BCUT2D eigenvalue weighted by Gasteiger charge is -2.06. The molecule has 118 valence electrons. The number of alkyl halides is 3. The number of Topliss-reactive ketones (excluding diaryl/α,β-unsaturated/α-hetero) is 1. The van der Waals surface area contributed by atoms with Gasteiger partial charge < -0.3 is 9.94 Å². The number of hydrogen-bond acceptors (Lipinski definition) is 3. The summed E-state index contributed by atoms with van der Waals surface area (Å²) >= 11 is 0. The summed E-state index contributed by atoms with van der Waals surface area (Å²) in [6.45, 7) is 0. The minimum Gasteiger partial charge on any atom is -0.618 e. The van der Waals surface area contributed by atoms with Gasteiger partial charge in [0.1, 0.15) is 11.3 Å². The topological polar surface area (TPSA) is 52.4 Å². The third kappa shape index (κ3) is 2.44.